The van der Waals surface area contributed by atoms with Gasteiger partial charge in [-0.15, -0.1) is 0 Å². The third-order valence-corrected chi connectivity index (χ3v) is 4.27. The molecule has 1 aromatic carbocycles. The number of ether oxygens (including phenoxy) is 1. The monoisotopic (exact) mass is 374 g/mol. The second kappa shape index (κ2) is 7.46. The van der Waals surface area contributed by atoms with Gasteiger partial charge in [0.05, 0.1) is 26.4 Å². The third kappa shape index (κ3) is 4.01. The van der Waals surface area contributed by atoms with Crippen molar-refractivity contribution >= 4 is 28.0 Å². The molecular formula is C17H19BrN4O. The van der Waals surface area contributed by atoms with E-state index in [1.54, 1.807) is 7.11 Å². The minimum absolute atomic E-state index is 0.823. The molecule has 0 bridgehead atoms. The number of piperazine rings is 1. The molecule has 0 N–H and O–H groups in total. The highest BCUT2D eigenvalue weighted by Gasteiger charge is 2.16. The van der Waals surface area contributed by atoms with E-state index in [1.165, 1.54) is 0 Å². The van der Waals surface area contributed by atoms with Crippen molar-refractivity contribution in [3.8, 4) is 5.75 Å². The Balaban J connectivity index is 1.62. The van der Waals surface area contributed by atoms with E-state index < -0.39 is 0 Å². The van der Waals surface area contributed by atoms with Crippen LogP contribution in [0.1, 0.15) is 5.56 Å². The third-order valence-electron chi connectivity index (χ3n) is 3.78. The van der Waals surface area contributed by atoms with Crippen LogP contribution in [-0.4, -0.2) is 49.5 Å². The van der Waals surface area contributed by atoms with Gasteiger partial charge in [-0.1, -0.05) is 22.0 Å². The molecule has 23 heavy (non-hydrogen) atoms. The molecule has 1 aliphatic heterocycles. The number of pyridine rings is 1. The van der Waals surface area contributed by atoms with Crippen LogP contribution < -0.4 is 9.64 Å². The predicted molar refractivity (Wildman–Crippen MR) is 96.3 cm³/mol. The number of nitrogens with zero attached hydrogens (tertiary/aromatic N) is 4. The van der Waals surface area contributed by atoms with Gasteiger partial charge >= 0.3 is 0 Å². The van der Waals surface area contributed by atoms with Crippen LogP contribution in [-0.2, 0) is 0 Å². The summed E-state index contributed by atoms with van der Waals surface area (Å²) in [6.45, 7) is 3.60. The number of benzene rings is 1. The minimum atomic E-state index is 0.823. The molecule has 1 aromatic heterocycles. The number of methoxy groups -OCH3 is 1. The molecule has 2 aromatic rings. The molecule has 0 aliphatic carbocycles. The Kier molecular flexibility index (Phi) is 5.12. The Labute approximate surface area is 144 Å². The molecule has 0 amide bonds. The molecule has 5 nitrogen and oxygen atoms in total. The lowest BCUT2D eigenvalue weighted by atomic mass is 10.2. The Morgan fingerprint density at radius 1 is 1.17 bits per heavy atom. The molecule has 6 heteroatoms. The Morgan fingerprint density at radius 3 is 2.70 bits per heavy atom. The summed E-state index contributed by atoms with van der Waals surface area (Å²) >= 11 is 3.48. The quantitative estimate of drug-likeness (QED) is 0.771. The van der Waals surface area contributed by atoms with Crippen LogP contribution in [0.5, 0.6) is 5.75 Å². The summed E-state index contributed by atoms with van der Waals surface area (Å²) in [5.74, 6) is 1.86. The molecule has 0 atom stereocenters. The second-order valence-corrected chi connectivity index (χ2v) is 6.18. The lowest BCUT2D eigenvalue weighted by Crippen LogP contribution is -2.44. The maximum atomic E-state index is 5.37. The normalized spacial score (nSPS) is 15.2. The van der Waals surface area contributed by atoms with E-state index in [2.05, 4.69) is 35.9 Å². The summed E-state index contributed by atoms with van der Waals surface area (Å²) in [7, 11) is 1.67. The van der Waals surface area contributed by atoms with Crippen LogP contribution in [0.3, 0.4) is 0 Å². The summed E-state index contributed by atoms with van der Waals surface area (Å²) in [5, 5.41) is 6.67. The first-order valence-electron chi connectivity index (χ1n) is 7.55. The average Bonchev–Trinajstić information content (AvgIpc) is 2.61. The smallest absolute Gasteiger partial charge is 0.128 e. The number of hydrogen-bond acceptors (Lipinski definition) is 5. The van der Waals surface area contributed by atoms with Gasteiger partial charge < -0.3 is 9.64 Å². The first-order valence-corrected chi connectivity index (χ1v) is 8.34. The molecule has 1 saturated heterocycles. The topological polar surface area (TPSA) is 41.0 Å². The van der Waals surface area contributed by atoms with Crippen molar-refractivity contribution < 1.29 is 4.74 Å². The van der Waals surface area contributed by atoms with E-state index in [1.807, 2.05) is 48.8 Å². The van der Waals surface area contributed by atoms with Gasteiger partial charge in [-0.25, -0.2) is 4.98 Å². The average molecular weight is 375 g/mol. The molecule has 0 radical (unpaired) electrons. The van der Waals surface area contributed by atoms with Crippen LogP contribution in [0.2, 0.25) is 0 Å². The number of halogens is 1. The van der Waals surface area contributed by atoms with Gasteiger partial charge in [-0.3, -0.25) is 5.01 Å². The van der Waals surface area contributed by atoms with Gasteiger partial charge in [-0.2, -0.15) is 5.10 Å². The number of hydrogen-bond donors (Lipinski definition) is 0. The summed E-state index contributed by atoms with van der Waals surface area (Å²) in [6.07, 6.45) is 3.69. The van der Waals surface area contributed by atoms with E-state index in [4.69, 9.17) is 4.74 Å². The maximum Gasteiger partial charge on any atom is 0.128 e. The van der Waals surface area contributed by atoms with E-state index in [0.29, 0.717) is 0 Å². The Bertz CT molecular complexity index is 670. The highest BCUT2D eigenvalue weighted by atomic mass is 79.9. The standard InChI is InChI=1S/C17H19BrN4O/c1-23-16-6-5-15(18)12-14(16)13-20-22-10-8-21(9-11-22)17-4-2-3-7-19-17/h2-7,12-13H,8-11H2,1H3/b20-13-. The Morgan fingerprint density at radius 2 is 2.00 bits per heavy atom. The van der Waals surface area contributed by atoms with E-state index in [9.17, 15) is 0 Å². The summed E-state index contributed by atoms with van der Waals surface area (Å²) in [5.41, 5.74) is 0.967. The number of rotatable bonds is 4. The fourth-order valence-electron chi connectivity index (χ4n) is 2.53. The minimum Gasteiger partial charge on any atom is -0.496 e. The van der Waals surface area contributed by atoms with Gasteiger partial charge in [-0.05, 0) is 30.3 Å². The zero-order chi connectivity index (χ0) is 16.1. The summed E-state index contributed by atoms with van der Waals surface area (Å²) in [4.78, 5) is 6.68. The number of aromatic nitrogens is 1. The fourth-order valence-corrected chi connectivity index (χ4v) is 2.91. The molecule has 3 rings (SSSR count). The van der Waals surface area contributed by atoms with Crippen molar-refractivity contribution in [1.82, 2.24) is 9.99 Å². The zero-order valence-corrected chi connectivity index (χ0v) is 14.6. The van der Waals surface area contributed by atoms with Crippen molar-refractivity contribution in [3.63, 3.8) is 0 Å². The van der Waals surface area contributed by atoms with Crippen LogP contribution in [0.15, 0.2) is 52.2 Å². The van der Waals surface area contributed by atoms with Gasteiger partial charge in [0.25, 0.3) is 0 Å². The second-order valence-electron chi connectivity index (χ2n) is 5.26. The van der Waals surface area contributed by atoms with Crippen molar-refractivity contribution in [2.24, 2.45) is 5.10 Å². The molecule has 1 fully saturated rings. The molecule has 0 saturated carbocycles. The first kappa shape index (κ1) is 15.8. The fraction of sp³-hybridized carbons (Fsp3) is 0.294. The Hall–Kier alpha value is -2.08. The zero-order valence-electron chi connectivity index (χ0n) is 13.0. The van der Waals surface area contributed by atoms with E-state index in [-0.39, 0.29) is 0 Å². The largest absolute Gasteiger partial charge is 0.496 e. The van der Waals surface area contributed by atoms with Crippen LogP contribution in [0.25, 0.3) is 0 Å². The van der Waals surface area contributed by atoms with Gasteiger partial charge in [0.2, 0.25) is 0 Å². The van der Waals surface area contributed by atoms with E-state index >= 15 is 0 Å². The molecule has 0 unspecified atom stereocenters. The van der Waals surface area contributed by atoms with Crippen LogP contribution in [0, 0.1) is 0 Å². The van der Waals surface area contributed by atoms with Crippen molar-refractivity contribution in [2.75, 3.05) is 38.2 Å². The predicted octanol–water partition coefficient (Wildman–Crippen LogP) is 3.01. The lowest BCUT2D eigenvalue weighted by molar-refractivity contribution is 0.271. The van der Waals surface area contributed by atoms with E-state index in [0.717, 1.165) is 47.8 Å². The van der Waals surface area contributed by atoms with Crippen molar-refractivity contribution in [1.29, 1.82) is 0 Å². The number of anilines is 1. The van der Waals surface area contributed by atoms with Crippen molar-refractivity contribution in [2.45, 2.75) is 0 Å². The lowest BCUT2D eigenvalue weighted by Gasteiger charge is -2.33. The summed E-state index contributed by atoms with van der Waals surface area (Å²) in [6, 6.07) is 11.9. The SMILES string of the molecule is COc1ccc(Br)cc1/C=N\N1CCN(c2ccccn2)CC1. The van der Waals surface area contributed by atoms with Crippen molar-refractivity contribution in [3.05, 3.63) is 52.6 Å². The molecule has 1 aliphatic rings. The molecule has 0 spiro atoms. The highest BCUT2D eigenvalue weighted by Crippen LogP contribution is 2.21. The maximum absolute atomic E-state index is 5.37. The van der Waals surface area contributed by atoms with Crippen LogP contribution >= 0.6 is 15.9 Å². The first-order chi connectivity index (χ1) is 11.3. The molecule has 120 valence electrons. The van der Waals surface area contributed by atoms with Crippen LogP contribution in [0.4, 0.5) is 5.82 Å². The number of hydrazone groups is 1. The van der Waals surface area contributed by atoms with Gasteiger partial charge in [0, 0.05) is 29.3 Å². The summed E-state index contributed by atoms with van der Waals surface area (Å²) < 4.78 is 6.38. The molecular weight excluding hydrogens is 356 g/mol. The van der Waals surface area contributed by atoms with Gasteiger partial charge in [0.15, 0.2) is 0 Å². The van der Waals surface area contributed by atoms with Gasteiger partial charge in [0.1, 0.15) is 11.6 Å². The highest BCUT2D eigenvalue weighted by molar-refractivity contribution is 9.10. The molecule has 2 heterocycles.